The first-order valence-electron chi connectivity index (χ1n) is 5.11. The van der Waals surface area contributed by atoms with Crippen molar-refractivity contribution in [2.45, 2.75) is 24.6 Å². The molecule has 0 saturated heterocycles. The fourth-order valence-corrected chi connectivity index (χ4v) is 3.45. The van der Waals surface area contributed by atoms with Gasteiger partial charge in [0.15, 0.2) is 0 Å². The van der Waals surface area contributed by atoms with Gasteiger partial charge in [0, 0.05) is 11.9 Å². The summed E-state index contributed by atoms with van der Waals surface area (Å²) in [7, 11) is 0. The monoisotopic (exact) mass is 217 g/mol. The Bertz CT molecular complexity index is 236. The van der Waals surface area contributed by atoms with Crippen molar-refractivity contribution < 1.29 is 4.79 Å². The van der Waals surface area contributed by atoms with Gasteiger partial charge < -0.3 is 5.73 Å². The SMILES string of the molecule is NC(=O)NNC[C@H]1C[C@H]2CC[C@@H]1[C@H]2Cl. The summed E-state index contributed by atoms with van der Waals surface area (Å²) >= 11 is 6.27. The highest BCUT2D eigenvalue weighted by atomic mass is 35.5. The maximum Gasteiger partial charge on any atom is 0.326 e. The van der Waals surface area contributed by atoms with E-state index in [0.29, 0.717) is 23.1 Å². The zero-order valence-electron chi connectivity index (χ0n) is 8.00. The van der Waals surface area contributed by atoms with E-state index in [4.69, 9.17) is 17.3 Å². The number of primary amides is 1. The maximum absolute atomic E-state index is 10.4. The van der Waals surface area contributed by atoms with Crippen LogP contribution >= 0.6 is 11.6 Å². The zero-order valence-corrected chi connectivity index (χ0v) is 8.76. The van der Waals surface area contributed by atoms with Crippen LogP contribution in [0.3, 0.4) is 0 Å². The molecule has 2 rings (SSSR count). The lowest BCUT2D eigenvalue weighted by Gasteiger charge is -2.21. The Morgan fingerprint density at radius 2 is 2.29 bits per heavy atom. The molecule has 14 heavy (non-hydrogen) atoms. The number of carbonyl (C=O) groups excluding carboxylic acids is 1. The van der Waals surface area contributed by atoms with E-state index in [9.17, 15) is 4.79 Å². The van der Waals surface area contributed by atoms with Gasteiger partial charge in [0.1, 0.15) is 0 Å². The van der Waals surface area contributed by atoms with Gasteiger partial charge in [-0.2, -0.15) is 0 Å². The fraction of sp³-hybridized carbons (Fsp3) is 0.889. The second kappa shape index (κ2) is 3.95. The summed E-state index contributed by atoms with van der Waals surface area (Å²) < 4.78 is 0. The Labute approximate surface area is 88.5 Å². The lowest BCUT2D eigenvalue weighted by atomic mass is 9.89. The van der Waals surface area contributed by atoms with Crippen molar-refractivity contribution in [3.63, 3.8) is 0 Å². The number of hydrogen-bond donors (Lipinski definition) is 3. The van der Waals surface area contributed by atoms with Crippen LogP contribution in [0.4, 0.5) is 4.79 Å². The molecule has 2 saturated carbocycles. The first kappa shape index (κ1) is 10.1. The Balaban J connectivity index is 1.75. The van der Waals surface area contributed by atoms with E-state index >= 15 is 0 Å². The summed E-state index contributed by atoms with van der Waals surface area (Å²) in [5.74, 6) is 1.92. The van der Waals surface area contributed by atoms with E-state index in [1.54, 1.807) is 0 Å². The molecule has 2 amide bonds. The molecule has 0 aliphatic heterocycles. The van der Waals surface area contributed by atoms with Crippen molar-refractivity contribution in [3.8, 4) is 0 Å². The molecule has 5 heteroatoms. The lowest BCUT2D eigenvalue weighted by molar-refractivity contribution is 0.240. The standard InChI is InChI=1S/C9H16ClN3O/c10-8-5-1-2-7(8)6(3-5)4-12-13-9(11)14/h5-8,12H,1-4H2,(H3,11,13,14)/t5-,6-,7+,8+/m1/s1. The molecule has 4 nitrogen and oxygen atoms in total. The van der Waals surface area contributed by atoms with Gasteiger partial charge in [0.05, 0.1) is 0 Å². The van der Waals surface area contributed by atoms with Gasteiger partial charge in [-0.1, -0.05) is 0 Å². The molecule has 2 bridgehead atoms. The fourth-order valence-electron chi connectivity index (χ4n) is 2.89. The van der Waals surface area contributed by atoms with Gasteiger partial charge >= 0.3 is 6.03 Å². The predicted octanol–water partition coefficient (Wildman–Crippen LogP) is 0.813. The van der Waals surface area contributed by atoms with Gasteiger partial charge in [-0.05, 0) is 37.0 Å². The number of urea groups is 1. The Kier molecular flexibility index (Phi) is 2.83. The van der Waals surface area contributed by atoms with Crippen molar-refractivity contribution in [1.82, 2.24) is 10.9 Å². The highest BCUT2D eigenvalue weighted by Gasteiger charge is 2.46. The molecule has 4 atom stereocenters. The second-order valence-electron chi connectivity index (χ2n) is 4.31. The van der Waals surface area contributed by atoms with Crippen LogP contribution in [-0.4, -0.2) is 18.0 Å². The summed E-state index contributed by atoms with van der Waals surface area (Å²) in [4.78, 5) is 10.4. The highest BCUT2D eigenvalue weighted by Crippen LogP contribution is 2.50. The third kappa shape index (κ3) is 1.81. The van der Waals surface area contributed by atoms with Crippen LogP contribution in [0, 0.1) is 17.8 Å². The molecule has 80 valence electrons. The number of carbonyl (C=O) groups is 1. The van der Waals surface area contributed by atoms with Crippen molar-refractivity contribution in [1.29, 1.82) is 0 Å². The largest absolute Gasteiger partial charge is 0.351 e. The number of fused-ring (bicyclic) bond motifs is 2. The quantitative estimate of drug-likeness (QED) is 0.484. The molecule has 0 aromatic rings. The van der Waals surface area contributed by atoms with E-state index in [1.165, 1.54) is 19.3 Å². The topological polar surface area (TPSA) is 67.2 Å². The molecule has 0 aromatic carbocycles. The number of hydrogen-bond acceptors (Lipinski definition) is 2. The van der Waals surface area contributed by atoms with Crippen molar-refractivity contribution in [2.75, 3.05) is 6.54 Å². The second-order valence-corrected chi connectivity index (χ2v) is 4.82. The van der Waals surface area contributed by atoms with E-state index in [-0.39, 0.29) is 0 Å². The maximum atomic E-state index is 10.4. The lowest BCUT2D eigenvalue weighted by Crippen LogP contribution is -2.44. The van der Waals surface area contributed by atoms with Crippen LogP contribution in [0.25, 0.3) is 0 Å². The molecule has 2 fully saturated rings. The summed E-state index contributed by atoms with van der Waals surface area (Å²) in [5.41, 5.74) is 10.2. The number of alkyl halides is 1. The number of halogens is 1. The first-order chi connectivity index (χ1) is 6.68. The molecule has 0 radical (unpaired) electrons. The first-order valence-corrected chi connectivity index (χ1v) is 5.54. The van der Waals surface area contributed by atoms with Gasteiger partial charge in [-0.3, -0.25) is 5.43 Å². The normalized spacial score (nSPS) is 40.1. The molecular weight excluding hydrogens is 202 g/mol. The smallest absolute Gasteiger partial charge is 0.326 e. The Morgan fingerprint density at radius 1 is 1.50 bits per heavy atom. The Hall–Kier alpha value is -0.480. The van der Waals surface area contributed by atoms with Crippen molar-refractivity contribution >= 4 is 17.6 Å². The van der Waals surface area contributed by atoms with Crippen LogP contribution in [0.2, 0.25) is 0 Å². The minimum atomic E-state index is -0.532. The average Bonchev–Trinajstić information content (AvgIpc) is 2.61. The number of nitrogens with two attached hydrogens (primary N) is 1. The number of amides is 2. The number of rotatable bonds is 3. The van der Waals surface area contributed by atoms with E-state index in [0.717, 1.165) is 6.54 Å². The zero-order chi connectivity index (χ0) is 10.1. The van der Waals surface area contributed by atoms with Crippen LogP contribution < -0.4 is 16.6 Å². The average molecular weight is 218 g/mol. The summed E-state index contributed by atoms with van der Waals surface area (Å²) in [5, 5.41) is 0.357. The molecule has 0 heterocycles. The minimum absolute atomic E-state index is 0.357. The highest BCUT2D eigenvalue weighted by molar-refractivity contribution is 6.21. The van der Waals surface area contributed by atoms with E-state index < -0.39 is 6.03 Å². The molecule has 0 unspecified atom stereocenters. The molecular formula is C9H16ClN3O. The summed E-state index contributed by atoms with van der Waals surface area (Å²) in [6.45, 7) is 0.785. The summed E-state index contributed by atoms with van der Waals surface area (Å²) in [6.07, 6.45) is 3.70. The van der Waals surface area contributed by atoms with Gasteiger partial charge in [0.2, 0.25) is 0 Å². The Morgan fingerprint density at radius 3 is 2.79 bits per heavy atom. The predicted molar refractivity (Wildman–Crippen MR) is 54.7 cm³/mol. The van der Waals surface area contributed by atoms with E-state index in [1.807, 2.05) is 0 Å². The number of hydrazine groups is 1. The van der Waals surface area contributed by atoms with Crippen LogP contribution in [0.15, 0.2) is 0 Å². The van der Waals surface area contributed by atoms with Crippen molar-refractivity contribution in [3.05, 3.63) is 0 Å². The summed E-state index contributed by atoms with van der Waals surface area (Å²) in [6, 6.07) is -0.532. The van der Waals surface area contributed by atoms with Gasteiger partial charge in [-0.15, -0.1) is 11.6 Å². The minimum Gasteiger partial charge on any atom is -0.351 e. The van der Waals surface area contributed by atoms with Crippen LogP contribution in [-0.2, 0) is 0 Å². The number of nitrogens with one attached hydrogen (secondary N) is 2. The van der Waals surface area contributed by atoms with Crippen LogP contribution in [0.5, 0.6) is 0 Å². The van der Waals surface area contributed by atoms with E-state index in [2.05, 4.69) is 10.9 Å². The van der Waals surface area contributed by atoms with Gasteiger partial charge in [0.25, 0.3) is 0 Å². The van der Waals surface area contributed by atoms with Gasteiger partial charge in [-0.25, -0.2) is 10.2 Å². The molecule has 0 aromatic heterocycles. The third-order valence-electron chi connectivity index (χ3n) is 3.52. The van der Waals surface area contributed by atoms with Crippen LogP contribution in [0.1, 0.15) is 19.3 Å². The molecule has 0 spiro atoms. The molecule has 2 aliphatic carbocycles. The molecule has 4 N–H and O–H groups in total. The molecule has 2 aliphatic rings. The third-order valence-corrected chi connectivity index (χ3v) is 4.20. The van der Waals surface area contributed by atoms with Crippen molar-refractivity contribution in [2.24, 2.45) is 23.5 Å².